The van der Waals surface area contributed by atoms with Crippen molar-refractivity contribution < 1.29 is 13.8 Å². The molecule has 6 rings (SSSR count). The standard InChI is InChI=1S/C25H25FN4O2/c1-14-8-18(10-19(26)9-14)16-4-5-17-12-24(7-6-22-20(13-24)15(2)29-31-22)25(21(17)11-16)28-23(27)30(3)32-25/h4-5,8-11H,6-7,12-13H2,1-3H3,(H2,27,28). The normalized spacial score (nSPS) is 26.0. The van der Waals surface area contributed by atoms with Crippen LogP contribution in [-0.4, -0.2) is 23.2 Å². The van der Waals surface area contributed by atoms with Crippen LogP contribution in [0.2, 0.25) is 0 Å². The third-order valence-electron chi connectivity index (χ3n) is 7.37. The number of benzene rings is 2. The van der Waals surface area contributed by atoms with Crippen LogP contribution in [0.5, 0.6) is 0 Å². The molecule has 0 amide bonds. The monoisotopic (exact) mass is 432 g/mol. The van der Waals surface area contributed by atoms with Gasteiger partial charge in [-0.25, -0.2) is 19.3 Å². The lowest BCUT2D eigenvalue weighted by molar-refractivity contribution is -0.224. The fourth-order valence-electron chi connectivity index (χ4n) is 5.80. The largest absolute Gasteiger partial charge is 0.368 e. The maximum absolute atomic E-state index is 14.1. The second-order valence-corrected chi connectivity index (χ2v) is 9.40. The summed E-state index contributed by atoms with van der Waals surface area (Å²) in [5.41, 5.74) is 11.9. The topological polar surface area (TPSA) is 76.9 Å². The molecule has 32 heavy (non-hydrogen) atoms. The molecule has 0 saturated heterocycles. The number of aliphatic imine (C=N–C) groups is 1. The van der Waals surface area contributed by atoms with Gasteiger partial charge in [-0.15, -0.1) is 0 Å². The summed E-state index contributed by atoms with van der Waals surface area (Å²) in [4.78, 5) is 11.4. The molecule has 0 radical (unpaired) electrons. The van der Waals surface area contributed by atoms with E-state index in [1.165, 1.54) is 11.6 Å². The van der Waals surface area contributed by atoms with Crippen LogP contribution in [0.1, 0.15) is 40.1 Å². The lowest BCUT2D eigenvalue weighted by Gasteiger charge is -2.42. The molecule has 0 bridgehead atoms. The average molecular weight is 432 g/mol. The van der Waals surface area contributed by atoms with Crippen LogP contribution in [0.15, 0.2) is 45.9 Å². The molecule has 2 N–H and O–H groups in total. The summed E-state index contributed by atoms with van der Waals surface area (Å²) < 4.78 is 19.7. The van der Waals surface area contributed by atoms with Crippen LogP contribution in [-0.2, 0) is 29.8 Å². The molecule has 0 saturated carbocycles. The van der Waals surface area contributed by atoms with E-state index in [2.05, 4.69) is 23.4 Å². The molecule has 0 fully saturated rings. The summed E-state index contributed by atoms with van der Waals surface area (Å²) in [5, 5.41) is 5.76. The molecular formula is C25H25FN4O2. The molecule has 2 aromatic carbocycles. The fourth-order valence-corrected chi connectivity index (χ4v) is 5.80. The molecule has 2 spiro atoms. The summed E-state index contributed by atoms with van der Waals surface area (Å²) in [6, 6.07) is 11.4. The number of hydroxylamine groups is 2. The Morgan fingerprint density at radius 2 is 1.94 bits per heavy atom. The van der Waals surface area contributed by atoms with Crippen molar-refractivity contribution in [3.63, 3.8) is 0 Å². The minimum atomic E-state index is -0.930. The molecule has 164 valence electrons. The Kier molecular flexibility index (Phi) is 3.91. The predicted molar refractivity (Wildman–Crippen MR) is 118 cm³/mol. The van der Waals surface area contributed by atoms with Crippen molar-refractivity contribution in [2.75, 3.05) is 7.05 Å². The Morgan fingerprint density at radius 1 is 1.09 bits per heavy atom. The van der Waals surface area contributed by atoms with E-state index >= 15 is 0 Å². The van der Waals surface area contributed by atoms with Gasteiger partial charge in [-0.2, -0.15) is 0 Å². The van der Waals surface area contributed by atoms with Crippen LogP contribution < -0.4 is 5.73 Å². The van der Waals surface area contributed by atoms with E-state index in [9.17, 15) is 4.39 Å². The molecule has 3 aliphatic rings. The fraction of sp³-hybridized carbons (Fsp3) is 0.360. The number of hydrogen-bond donors (Lipinski definition) is 1. The molecule has 2 atom stereocenters. The number of aromatic nitrogens is 1. The highest BCUT2D eigenvalue weighted by atomic mass is 19.1. The van der Waals surface area contributed by atoms with Crippen molar-refractivity contribution in [1.29, 1.82) is 0 Å². The van der Waals surface area contributed by atoms with Crippen LogP contribution in [0.4, 0.5) is 4.39 Å². The predicted octanol–water partition coefficient (Wildman–Crippen LogP) is 4.17. The summed E-state index contributed by atoms with van der Waals surface area (Å²) in [6.45, 7) is 3.89. The highest BCUT2D eigenvalue weighted by Crippen LogP contribution is 2.61. The minimum Gasteiger partial charge on any atom is -0.368 e. The van der Waals surface area contributed by atoms with Crippen LogP contribution in [0.3, 0.4) is 0 Å². The number of fused-ring (bicyclic) bond motifs is 4. The van der Waals surface area contributed by atoms with E-state index in [4.69, 9.17) is 20.1 Å². The van der Waals surface area contributed by atoms with Gasteiger partial charge in [0.2, 0.25) is 11.7 Å². The van der Waals surface area contributed by atoms with Crippen molar-refractivity contribution in [2.24, 2.45) is 16.1 Å². The number of halogens is 1. The smallest absolute Gasteiger partial charge is 0.221 e. The third kappa shape index (κ3) is 2.54. The van der Waals surface area contributed by atoms with Crippen molar-refractivity contribution in [3.05, 3.63) is 75.9 Å². The van der Waals surface area contributed by atoms with Gasteiger partial charge < -0.3 is 10.3 Å². The first-order valence-corrected chi connectivity index (χ1v) is 10.9. The number of hydrogen-bond acceptors (Lipinski definition) is 6. The Hall–Kier alpha value is -3.19. The Bertz CT molecular complexity index is 1280. The van der Waals surface area contributed by atoms with Crippen LogP contribution in [0, 0.1) is 25.1 Å². The Balaban J connectivity index is 1.53. The first-order valence-electron chi connectivity index (χ1n) is 10.9. The lowest BCUT2D eigenvalue weighted by Crippen LogP contribution is -2.46. The third-order valence-corrected chi connectivity index (χ3v) is 7.37. The van der Waals surface area contributed by atoms with E-state index in [-0.39, 0.29) is 11.2 Å². The second-order valence-electron chi connectivity index (χ2n) is 9.40. The van der Waals surface area contributed by atoms with Gasteiger partial charge in [-0.1, -0.05) is 23.4 Å². The highest BCUT2D eigenvalue weighted by molar-refractivity contribution is 5.79. The quantitative estimate of drug-likeness (QED) is 0.624. The van der Waals surface area contributed by atoms with Gasteiger partial charge in [0.15, 0.2) is 0 Å². The molecule has 2 aliphatic carbocycles. The molecule has 3 aromatic rings. The van der Waals surface area contributed by atoms with Crippen LogP contribution >= 0.6 is 0 Å². The van der Waals surface area contributed by atoms with Crippen molar-refractivity contribution >= 4 is 5.96 Å². The van der Waals surface area contributed by atoms with Gasteiger partial charge in [0.05, 0.1) is 5.69 Å². The summed E-state index contributed by atoms with van der Waals surface area (Å²) in [7, 11) is 1.79. The van der Waals surface area contributed by atoms with E-state index in [0.717, 1.165) is 65.0 Å². The number of guanidine groups is 1. The minimum absolute atomic E-state index is 0.242. The molecular weight excluding hydrogens is 407 g/mol. The Labute approximate surface area is 185 Å². The van der Waals surface area contributed by atoms with Gasteiger partial charge in [0.25, 0.3) is 0 Å². The molecule has 6 nitrogen and oxygen atoms in total. The number of rotatable bonds is 1. The van der Waals surface area contributed by atoms with E-state index < -0.39 is 5.72 Å². The average Bonchev–Trinajstić information content (AvgIpc) is 3.35. The van der Waals surface area contributed by atoms with Crippen molar-refractivity contribution in [1.82, 2.24) is 10.2 Å². The van der Waals surface area contributed by atoms with Gasteiger partial charge in [0, 0.05) is 30.0 Å². The zero-order chi connectivity index (χ0) is 22.3. The van der Waals surface area contributed by atoms with E-state index in [1.54, 1.807) is 18.2 Å². The van der Waals surface area contributed by atoms with Gasteiger partial charge >= 0.3 is 0 Å². The highest BCUT2D eigenvalue weighted by Gasteiger charge is 2.64. The summed E-state index contributed by atoms with van der Waals surface area (Å²) >= 11 is 0. The van der Waals surface area contributed by atoms with Crippen LogP contribution in [0.25, 0.3) is 11.1 Å². The zero-order valence-electron chi connectivity index (χ0n) is 18.4. The maximum Gasteiger partial charge on any atom is 0.221 e. The van der Waals surface area contributed by atoms with Gasteiger partial charge in [-0.3, -0.25) is 0 Å². The molecule has 1 aliphatic heterocycles. The number of nitrogens with zero attached hydrogens (tertiary/aromatic N) is 3. The first kappa shape index (κ1) is 19.5. The Morgan fingerprint density at radius 3 is 2.69 bits per heavy atom. The van der Waals surface area contributed by atoms with E-state index in [0.29, 0.717) is 5.96 Å². The molecule has 2 heterocycles. The SMILES string of the molecule is Cc1cc(F)cc(-c2ccc3c(c2)C2(N=C(N)N(C)O2)C2(CCc4onc(C)c4C2)C3)c1. The summed E-state index contributed by atoms with van der Waals surface area (Å²) in [5.74, 6) is 1.07. The van der Waals surface area contributed by atoms with Crippen molar-refractivity contribution in [2.45, 2.75) is 45.3 Å². The van der Waals surface area contributed by atoms with Crippen molar-refractivity contribution in [3.8, 4) is 11.1 Å². The van der Waals surface area contributed by atoms with E-state index in [1.807, 2.05) is 19.9 Å². The number of nitrogens with two attached hydrogens (primary N) is 1. The first-order chi connectivity index (χ1) is 15.3. The number of aryl methyl sites for hydroxylation is 3. The summed E-state index contributed by atoms with van der Waals surface area (Å²) in [6.07, 6.45) is 3.21. The second kappa shape index (κ2) is 6.42. The van der Waals surface area contributed by atoms with Gasteiger partial charge in [-0.05, 0) is 73.6 Å². The molecule has 1 aromatic heterocycles. The molecule has 2 unspecified atom stereocenters. The zero-order valence-corrected chi connectivity index (χ0v) is 18.4. The maximum atomic E-state index is 14.1. The lowest BCUT2D eigenvalue weighted by atomic mass is 9.66. The van der Waals surface area contributed by atoms with Gasteiger partial charge in [0.1, 0.15) is 11.6 Å². The molecule has 7 heteroatoms.